The minimum absolute atomic E-state index is 0.0954. The summed E-state index contributed by atoms with van der Waals surface area (Å²) in [6.07, 6.45) is 0. The highest BCUT2D eigenvalue weighted by atomic mass is 35.7. The van der Waals surface area contributed by atoms with E-state index in [2.05, 4.69) is 10.2 Å². The number of anilines is 1. The average Bonchev–Trinajstić information content (AvgIpc) is 2.72. The number of hydrogen-bond donors (Lipinski definition) is 1. The molecule has 0 bridgehead atoms. The van der Waals surface area contributed by atoms with Gasteiger partial charge < -0.3 is 5.73 Å². The van der Waals surface area contributed by atoms with Gasteiger partial charge in [-0.15, -0.1) is 10.2 Å². The Hall–Kier alpha value is -0.830. The van der Waals surface area contributed by atoms with E-state index < -0.39 is 9.05 Å². The van der Waals surface area contributed by atoms with E-state index in [1.807, 2.05) is 0 Å². The Balaban J connectivity index is 2.03. The van der Waals surface area contributed by atoms with Crippen LogP contribution in [-0.2, 0) is 14.8 Å². The van der Waals surface area contributed by atoms with E-state index in [-0.39, 0.29) is 4.90 Å². The molecular formula is C9H8ClN3O2S3. The van der Waals surface area contributed by atoms with Crippen LogP contribution in [0.25, 0.3) is 0 Å². The first-order chi connectivity index (χ1) is 8.45. The van der Waals surface area contributed by atoms with Gasteiger partial charge in [-0.3, -0.25) is 0 Å². The van der Waals surface area contributed by atoms with Gasteiger partial charge in [0, 0.05) is 16.4 Å². The zero-order valence-corrected chi connectivity index (χ0v) is 12.1. The number of halogens is 1. The molecule has 1 aromatic heterocycles. The Labute approximate surface area is 117 Å². The number of nitrogens with zero attached hydrogens (tertiary/aromatic N) is 2. The van der Waals surface area contributed by atoms with Gasteiger partial charge in [0.05, 0.1) is 4.90 Å². The largest absolute Gasteiger partial charge is 0.374 e. The molecule has 18 heavy (non-hydrogen) atoms. The quantitative estimate of drug-likeness (QED) is 0.687. The van der Waals surface area contributed by atoms with Gasteiger partial charge in [0.2, 0.25) is 5.13 Å². The van der Waals surface area contributed by atoms with E-state index in [4.69, 9.17) is 16.4 Å². The van der Waals surface area contributed by atoms with E-state index in [0.717, 1.165) is 9.90 Å². The van der Waals surface area contributed by atoms with Crippen molar-refractivity contribution < 1.29 is 8.42 Å². The van der Waals surface area contributed by atoms with Crippen LogP contribution in [0.15, 0.2) is 33.5 Å². The molecule has 2 rings (SSSR count). The number of benzene rings is 1. The highest BCUT2D eigenvalue weighted by Gasteiger charge is 2.09. The van der Waals surface area contributed by atoms with Crippen LogP contribution in [-0.4, -0.2) is 18.6 Å². The summed E-state index contributed by atoms with van der Waals surface area (Å²) in [5.74, 6) is 0.664. The van der Waals surface area contributed by atoms with Crippen LogP contribution in [0.5, 0.6) is 0 Å². The summed E-state index contributed by atoms with van der Waals surface area (Å²) in [5, 5.41) is 8.01. The van der Waals surface area contributed by atoms with Crippen LogP contribution in [0, 0.1) is 0 Å². The third kappa shape index (κ3) is 3.58. The van der Waals surface area contributed by atoms with Gasteiger partial charge >= 0.3 is 0 Å². The van der Waals surface area contributed by atoms with Crippen molar-refractivity contribution in [2.24, 2.45) is 0 Å². The fraction of sp³-hybridized carbons (Fsp3) is 0.111. The first-order valence-corrected chi connectivity index (χ1v) is 8.82. The molecule has 1 heterocycles. The first kappa shape index (κ1) is 13.6. The molecule has 0 aliphatic carbocycles. The molecule has 96 valence electrons. The van der Waals surface area contributed by atoms with E-state index >= 15 is 0 Å². The fourth-order valence-electron chi connectivity index (χ4n) is 1.17. The number of rotatable bonds is 4. The summed E-state index contributed by atoms with van der Waals surface area (Å²) < 4.78 is 22.9. The fourth-order valence-corrected chi connectivity index (χ4v) is 3.53. The SMILES string of the molecule is Nc1nnc(SCc2ccc(S(=O)(=O)Cl)cc2)s1. The third-order valence-electron chi connectivity index (χ3n) is 1.99. The number of hydrogen-bond acceptors (Lipinski definition) is 7. The van der Waals surface area contributed by atoms with Crippen LogP contribution in [0.2, 0.25) is 0 Å². The molecule has 0 spiro atoms. The monoisotopic (exact) mass is 321 g/mol. The van der Waals surface area contributed by atoms with Crippen molar-refractivity contribution in [1.29, 1.82) is 0 Å². The van der Waals surface area contributed by atoms with Gasteiger partial charge in [-0.25, -0.2) is 8.42 Å². The van der Waals surface area contributed by atoms with E-state index in [0.29, 0.717) is 10.9 Å². The molecule has 0 fully saturated rings. The van der Waals surface area contributed by atoms with Gasteiger partial charge in [-0.2, -0.15) is 0 Å². The van der Waals surface area contributed by atoms with Crippen molar-refractivity contribution in [2.75, 3.05) is 5.73 Å². The Morgan fingerprint density at radius 1 is 1.28 bits per heavy atom. The minimum Gasteiger partial charge on any atom is -0.374 e. The molecule has 2 N–H and O–H groups in total. The topological polar surface area (TPSA) is 85.9 Å². The molecule has 0 amide bonds. The number of nitrogen functional groups attached to an aromatic ring is 1. The normalized spacial score (nSPS) is 11.6. The molecule has 1 aromatic carbocycles. The zero-order valence-electron chi connectivity index (χ0n) is 8.91. The smallest absolute Gasteiger partial charge is 0.261 e. The molecule has 0 atom stereocenters. The zero-order chi connectivity index (χ0) is 13.2. The number of thioether (sulfide) groups is 1. The first-order valence-electron chi connectivity index (χ1n) is 4.70. The van der Waals surface area contributed by atoms with Crippen molar-refractivity contribution >= 4 is 48.0 Å². The maximum Gasteiger partial charge on any atom is 0.261 e. The standard InChI is InChI=1S/C9H8ClN3O2S3/c10-18(14,15)7-3-1-6(2-4-7)5-16-9-13-12-8(11)17-9/h1-4H,5H2,(H2,11,12). The molecule has 0 aliphatic heterocycles. The summed E-state index contributed by atoms with van der Waals surface area (Å²) in [4.78, 5) is 0.0954. The van der Waals surface area contributed by atoms with Gasteiger partial charge in [-0.1, -0.05) is 35.2 Å². The number of nitrogens with two attached hydrogens (primary N) is 1. The van der Waals surface area contributed by atoms with Crippen molar-refractivity contribution in [1.82, 2.24) is 10.2 Å². The summed E-state index contributed by atoms with van der Waals surface area (Å²) in [5.41, 5.74) is 6.44. The number of aromatic nitrogens is 2. The summed E-state index contributed by atoms with van der Waals surface area (Å²) in [6, 6.07) is 6.39. The molecule has 0 unspecified atom stereocenters. The van der Waals surface area contributed by atoms with Gasteiger partial charge in [0.15, 0.2) is 4.34 Å². The van der Waals surface area contributed by atoms with Crippen molar-refractivity contribution in [2.45, 2.75) is 15.0 Å². The second-order valence-electron chi connectivity index (χ2n) is 3.28. The lowest BCUT2D eigenvalue weighted by atomic mass is 10.2. The van der Waals surface area contributed by atoms with Crippen molar-refractivity contribution in [3.63, 3.8) is 0 Å². The predicted molar refractivity (Wildman–Crippen MR) is 73.4 cm³/mol. The lowest BCUT2D eigenvalue weighted by Gasteiger charge is -2.00. The van der Waals surface area contributed by atoms with Crippen molar-refractivity contribution in [3.8, 4) is 0 Å². The van der Waals surface area contributed by atoms with Crippen LogP contribution in [0.3, 0.4) is 0 Å². The maximum atomic E-state index is 11.1. The third-order valence-corrected chi connectivity index (χ3v) is 5.32. The Morgan fingerprint density at radius 2 is 1.94 bits per heavy atom. The highest BCUT2D eigenvalue weighted by Crippen LogP contribution is 2.27. The van der Waals surface area contributed by atoms with E-state index in [9.17, 15) is 8.42 Å². The molecule has 0 saturated heterocycles. The second-order valence-corrected chi connectivity index (χ2v) is 8.07. The predicted octanol–water partition coefficient (Wildman–Crippen LogP) is 2.34. The van der Waals surface area contributed by atoms with Crippen LogP contribution < -0.4 is 5.73 Å². The molecule has 5 nitrogen and oxygen atoms in total. The maximum absolute atomic E-state index is 11.1. The summed E-state index contributed by atoms with van der Waals surface area (Å²) in [6.45, 7) is 0. The van der Waals surface area contributed by atoms with E-state index in [1.54, 1.807) is 12.1 Å². The Kier molecular flexibility index (Phi) is 4.10. The van der Waals surface area contributed by atoms with Crippen LogP contribution >= 0.6 is 33.8 Å². The van der Waals surface area contributed by atoms with Crippen molar-refractivity contribution in [3.05, 3.63) is 29.8 Å². The van der Waals surface area contributed by atoms with Crippen LogP contribution in [0.4, 0.5) is 5.13 Å². The van der Waals surface area contributed by atoms with Crippen LogP contribution in [0.1, 0.15) is 5.56 Å². The van der Waals surface area contributed by atoms with Gasteiger partial charge in [0.1, 0.15) is 0 Å². The molecule has 0 radical (unpaired) electrons. The summed E-state index contributed by atoms with van der Waals surface area (Å²) >= 11 is 2.81. The lowest BCUT2D eigenvalue weighted by molar-refractivity contribution is 0.609. The average molecular weight is 322 g/mol. The highest BCUT2D eigenvalue weighted by molar-refractivity contribution is 8.13. The van der Waals surface area contributed by atoms with Gasteiger partial charge in [0.25, 0.3) is 9.05 Å². The Morgan fingerprint density at radius 3 is 2.44 bits per heavy atom. The Bertz CT molecular complexity index is 639. The minimum atomic E-state index is -3.65. The second kappa shape index (κ2) is 5.43. The molecule has 0 aliphatic rings. The molecule has 9 heteroatoms. The molecule has 0 saturated carbocycles. The molecular weight excluding hydrogens is 314 g/mol. The van der Waals surface area contributed by atoms with E-state index in [1.165, 1.54) is 35.2 Å². The lowest BCUT2D eigenvalue weighted by Crippen LogP contribution is -1.90. The summed E-state index contributed by atoms with van der Waals surface area (Å²) in [7, 11) is 1.57. The van der Waals surface area contributed by atoms with Gasteiger partial charge in [-0.05, 0) is 17.7 Å². The molecule has 2 aromatic rings.